The highest BCUT2D eigenvalue weighted by Gasteiger charge is 2.19. The first-order valence-corrected chi connectivity index (χ1v) is 11.8. The Bertz CT molecular complexity index is 856. The summed E-state index contributed by atoms with van der Waals surface area (Å²) in [6, 6.07) is 17.1. The van der Waals surface area contributed by atoms with Crippen LogP contribution >= 0.6 is 0 Å². The molecule has 0 aliphatic carbocycles. The van der Waals surface area contributed by atoms with Crippen molar-refractivity contribution in [3.8, 4) is 0 Å². The van der Waals surface area contributed by atoms with Gasteiger partial charge in [-0.05, 0) is 73.1 Å². The molecule has 0 bridgehead atoms. The third-order valence-electron chi connectivity index (χ3n) is 6.24. The summed E-state index contributed by atoms with van der Waals surface area (Å²) >= 11 is 0. The van der Waals surface area contributed by atoms with Gasteiger partial charge in [-0.2, -0.15) is 0 Å². The lowest BCUT2D eigenvalue weighted by molar-refractivity contribution is -0.108. The summed E-state index contributed by atoms with van der Waals surface area (Å²) in [4.78, 5) is 21.0. The van der Waals surface area contributed by atoms with Crippen LogP contribution in [-0.2, 0) is 22.4 Å². The van der Waals surface area contributed by atoms with Crippen molar-refractivity contribution in [2.24, 2.45) is 0 Å². The molecule has 2 aromatic rings. The Balaban J connectivity index is 2.03. The molecule has 0 heterocycles. The van der Waals surface area contributed by atoms with Gasteiger partial charge in [0.1, 0.15) is 12.6 Å². The van der Waals surface area contributed by atoms with Gasteiger partial charge in [0.05, 0.1) is 5.71 Å². The molecule has 2 N–H and O–H groups in total. The van der Waals surface area contributed by atoms with E-state index in [1.165, 1.54) is 16.7 Å². The molecule has 0 saturated carbocycles. The van der Waals surface area contributed by atoms with Gasteiger partial charge in [-0.1, -0.05) is 55.5 Å². The average Bonchev–Trinajstić information content (AvgIpc) is 2.83. The smallest absolute Gasteiger partial charge is 0.120 e. The fourth-order valence-corrected chi connectivity index (χ4v) is 4.23. The Kier molecular flexibility index (Phi) is 11.3. The maximum Gasteiger partial charge on any atom is 0.120 e. The molecule has 2 aromatic carbocycles. The molecule has 32 heavy (non-hydrogen) atoms. The molecule has 0 fully saturated rings. The SMILES string of the molecule is CCC(CCC(C(=N)C=N)c1ccc(CCCC=O)cc1)c1ccc(CCCC=O)cc1. The number of hydrogen-bond acceptors (Lipinski definition) is 4. The molecular formula is C28H36N2O2. The molecule has 0 radical (unpaired) electrons. The second-order valence-corrected chi connectivity index (χ2v) is 8.44. The van der Waals surface area contributed by atoms with E-state index in [9.17, 15) is 9.59 Å². The molecule has 0 aromatic heterocycles. The van der Waals surface area contributed by atoms with Crippen molar-refractivity contribution in [1.29, 1.82) is 10.8 Å². The minimum Gasteiger partial charge on any atom is -0.307 e. The monoisotopic (exact) mass is 432 g/mol. The Morgan fingerprint density at radius 3 is 1.75 bits per heavy atom. The fraction of sp³-hybridized carbons (Fsp3) is 0.429. The minimum atomic E-state index is -0.0758. The summed E-state index contributed by atoms with van der Waals surface area (Å²) in [6.07, 6.45) is 10.7. The first-order valence-electron chi connectivity index (χ1n) is 11.8. The molecular weight excluding hydrogens is 396 g/mol. The summed E-state index contributed by atoms with van der Waals surface area (Å²) in [5.74, 6) is 0.343. The van der Waals surface area contributed by atoms with E-state index < -0.39 is 0 Å². The number of aryl methyl sites for hydroxylation is 2. The van der Waals surface area contributed by atoms with Crippen LogP contribution in [0.1, 0.15) is 86.0 Å². The number of carbonyl (C=O) groups is 2. The highest BCUT2D eigenvalue weighted by molar-refractivity contribution is 6.30. The number of hydrogen-bond donors (Lipinski definition) is 2. The van der Waals surface area contributed by atoms with E-state index in [-0.39, 0.29) is 5.92 Å². The van der Waals surface area contributed by atoms with Gasteiger partial charge in [0.25, 0.3) is 0 Å². The Morgan fingerprint density at radius 2 is 1.31 bits per heavy atom. The molecule has 0 amide bonds. The highest BCUT2D eigenvalue weighted by atomic mass is 16.1. The molecule has 2 atom stereocenters. The van der Waals surface area contributed by atoms with Crippen LogP contribution < -0.4 is 0 Å². The summed E-state index contributed by atoms with van der Waals surface area (Å²) in [5.41, 5.74) is 5.21. The molecule has 4 nitrogen and oxygen atoms in total. The number of benzene rings is 2. The zero-order chi connectivity index (χ0) is 23.2. The van der Waals surface area contributed by atoms with Crippen molar-refractivity contribution >= 4 is 24.5 Å². The van der Waals surface area contributed by atoms with Gasteiger partial charge in [0, 0.05) is 25.0 Å². The number of carbonyl (C=O) groups excluding carboxylic acids is 2. The zero-order valence-electron chi connectivity index (χ0n) is 19.2. The fourth-order valence-electron chi connectivity index (χ4n) is 4.23. The van der Waals surface area contributed by atoms with E-state index in [2.05, 4.69) is 55.5 Å². The van der Waals surface area contributed by atoms with Gasteiger partial charge in [-0.25, -0.2) is 0 Å². The lowest BCUT2D eigenvalue weighted by atomic mass is 9.83. The van der Waals surface area contributed by atoms with Crippen molar-refractivity contribution in [2.45, 2.75) is 76.5 Å². The van der Waals surface area contributed by atoms with Crippen molar-refractivity contribution in [3.63, 3.8) is 0 Å². The van der Waals surface area contributed by atoms with E-state index in [0.29, 0.717) is 24.5 Å². The van der Waals surface area contributed by atoms with Gasteiger partial charge in [-0.15, -0.1) is 0 Å². The Morgan fingerprint density at radius 1 is 0.812 bits per heavy atom. The normalized spacial score (nSPS) is 12.7. The quantitative estimate of drug-likeness (QED) is 0.181. The maximum atomic E-state index is 10.5. The molecule has 2 unspecified atom stereocenters. The van der Waals surface area contributed by atoms with Gasteiger partial charge < -0.3 is 20.4 Å². The van der Waals surface area contributed by atoms with Crippen LogP contribution in [0.3, 0.4) is 0 Å². The number of unbranched alkanes of at least 4 members (excludes halogenated alkanes) is 2. The topological polar surface area (TPSA) is 81.8 Å². The van der Waals surface area contributed by atoms with E-state index >= 15 is 0 Å². The van der Waals surface area contributed by atoms with Crippen LogP contribution in [-0.4, -0.2) is 24.5 Å². The largest absolute Gasteiger partial charge is 0.307 e. The van der Waals surface area contributed by atoms with Crippen LogP contribution in [0.5, 0.6) is 0 Å². The number of nitrogens with one attached hydrogen (secondary N) is 2. The lowest BCUT2D eigenvalue weighted by Gasteiger charge is -2.21. The number of aldehydes is 2. The molecule has 170 valence electrons. The molecule has 4 heteroatoms. The summed E-state index contributed by atoms with van der Waals surface area (Å²) in [5, 5.41) is 16.0. The summed E-state index contributed by atoms with van der Waals surface area (Å²) in [7, 11) is 0. The van der Waals surface area contributed by atoms with E-state index in [0.717, 1.165) is 69.3 Å². The molecule has 2 rings (SSSR count). The molecule has 0 aliphatic heterocycles. The molecule has 0 spiro atoms. The van der Waals surface area contributed by atoms with Crippen LogP contribution in [0.15, 0.2) is 48.5 Å². The summed E-state index contributed by atoms with van der Waals surface area (Å²) in [6.45, 7) is 2.20. The first-order chi connectivity index (χ1) is 15.6. The number of rotatable bonds is 16. The van der Waals surface area contributed by atoms with Gasteiger partial charge in [0.15, 0.2) is 0 Å². The minimum absolute atomic E-state index is 0.0758. The van der Waals surface area contributed by atoms with Crippen molar-refractivity contribution in [2.75, 3.05) is 0 Å². The second kappa shape index (κ2) is 14.2. The predicted molar refractivity (Wildman–Crippen MR) is 132 cm³/mol. The molecule has 0 saturated heterocycles. The van der Waals surface area contributed by atoms with Crippen molar-refractivity contribution in [1.82, 2.24) is 0 Å². The van der Waals surface area contributed by atoms with Gasteiger partial charge >= 0.3 is 0 Å². The predicted octanol–water partition coefficient (Wildman–Crippen LogP) is 6.46. The maximum absolute atomic E-state index is 10.5. The zero-order valence-corrected chi connectivity index (χ0v) is 19.2. The Hall–Kier alpha value is -2.88. The third kappa shape index (κ3) is 7.99. The van der Waals surface area contributed by atoms with E-state index in [4.69, 9.17) is 10.8 Å². The van der Waals surface area contributed by atoms with Gasteiger partial charge in [-0.3, -0.25) is 0 Å². The third-order valence-corrected chi connectivity index (χ3v) is 6.24. The Labute approximate surface area is 192 Å². The van der Waals surface area contributed by atoms with Crippen LogP contribution in [0.2, 0.25) is 0 Å². The van der Waals surface area contributed by atoms with Crippen molar-refractivity contribution < 1.29 is 9.59 Å². The lowest BCUT2D eigenvalue weighted by Crippen LogP contribution is -2.14. The van der Waals surface area contributed by atoms with Crippen LogP contribution in [0, 0.1) is 10.8 Å². The second-order valence-electron chi connectivity index (χ2n) is 8.44. The summed E-state index contributed by atoms with van der Waals surface area (Å²) < 4.78 is 0. The average molecular weight is 433 g/mol. The van der Waals surface area contributed by atoms with E-state index in [1.54, 1.807) is 0 Å². The molecule has 0 aliphatic rings. The van der Waals surface area contributed by atoms with Crippen LogP contribution in [0.25, 0.3) is 0 Å². The van der Waals surface area contributed by atoms with E-state index in [1.807, 2.05) is 0 Å². The van der Waals surface area contributed by atoms with Crippen LogP contribution in [0.4, 0.5) is 0 Å². The highest BCUT2D eigenvalue weighted by Crippen LogP contribution is 2.31. The van der Waals surface area contributed by atoms with Gasteiger partial charge in [0.2, 0.25) is 0 Å². The first kappa shape index (κ1) is 25.4. The van der Waals surface area contributed by atoms with Crippen molar-refractivity contribution in [3.05, 3.63) is 70.8 Å². The standard InChI is InChI=1S/C28H36N2O2/c1-2-24(25-13-9-22(10-14-25)7-3-5-19-31)17-18-27(28(30)21-29)26-15-11-23(12-16-26)8-4-6-20-32/h9-16,19-21,24,27,29-30H,2-8,17-18H2,1H3.